The van der Waals surface area contributed by atoms with Gasteiger partial charge in [-0.25, -0.2) is 9.78 Å². The third-order valence-corrected chi connectivity index (χ3v) is 4.85. The predicted octanol–water partition coefficient (Wildman–Crippen LogP) is 2.54. The maximum Gasteiger partial charge on any atom is 0.490 e. The van der Waals surface area contributed by atoms with Gasteiger partial charge in [0.2, 0.25) is 0 Å². The summed E-state index contributed by atoms with van der Waals surface area (Å²) in [6.45, 7) is 5.76. The molecule has 1 aromatic heterocycles. The van der Waals surface area contributed by atoms with Crippen molar-refractivity contribution >= 4 is 17.3 Å². The highest BCUT2D eigenvalue weighted by Gasteiger charge is 2.42. The van der Waals surface area contributed by atoms with E-state index in [1.54, 1.807) is 11.3 Å². The summed E-state index contributed by atoms with van der Waals surface area (Å²) in [7, 11) is 0. The summed E-state index contributed by atoms with van der Waals surface area (Å²) in [4.78, 5) is 15.8. The van der Waals surface area contributed by atoms with E-state index in [9.17, 15) is 13.2 Å². The van der Waals surface area contributed by atoms with E-state index in [0.29, 0.717) is 6.04 Å². The first-order valence-corrected chi connectivity index (χ1v) is 8.86. The Labute approximate surface area is 147 Å². The second kappa shape index (κ2) is 8.93. The minimum atomic E-state index is -5.08. The van der Waals surface area contributed by atoms with Crippen molar-refractivity contribution in [3.8, 4) is 0 Å². The number of carbonyl (C=O) groups is 1. The lowest BCUT2D eigenvalue weighted by molar-refractivity contribution is -0.192. The summed E-state index contributed by atoms with van der Waals surface area (Å²) in [5.74, 6) is -2.76. The van der Waals surface area contributed by atoms with Gasteiger partial charge in [-0.1, -0.05) is 0 Å². The number of aliphatic carboxylic acids is 1. The third-order valence-electron chi connectivity index (χ3n) is 4.08. The van der Waals surface area contributed by atoms with Crippen LogP contribution in [0, 0.1) is 0 Å². The van der Waals surface area contributed by atoms with Crippen molar-refractivity contribution in [3.05, 3.63) is 16.6 Å². The Morgan fingerprint density at radius 3 is 2.80 bits per heavy atom. The molecule has 1 N–H and O–H groups in total. The van der Waals surface area contributed by atoms with E-state index in [1.807, 2.05) is 11.6 Å². The number of fused-ring (bicyclic) bond motifs is 1. The minimum absolute atomic E-state index is 0.263. The number of ether oxygens (including phenoxy) is 2. The van der Waals surface area contributed by atoms with Crippen molar-refractivity contribution in [2.45, 2.75) is 50.7 Å². The fourth-order valence-corrected chi connectivity index (χ4v) is 3.70. The van der Waals surface area contributed by atoms with E-state index in [-0.39, 0.29) is 12.2 Å². The van der Waals surface area contributed by atoms with Crippen molar-refractivity contribution < 1.29 is 32.5 Å². The number of hydrogen-bond acceptors (Lipinski definition) is 6. The first-order chi connectivity index (χ1) is 11.8. The number of likely N-dealkylation sites (tertiary alicyclic amines) is 1. The number of carboxylic acid groups (broad SMARTS) is 1. The number of thiazole rings is 1. The van der Waals surface area contributed by atoms with Gasteiger partial charge in [-0.3, -0.25) is 4.90 Å². The Hall–Kier alpha value is -1.23. The number of alkyl halides is 3. The lowest BCUT2D eigenvalue weighted by Gasteiger charge is -2.40. The van der Waals surface area contributed by atoms with E-state index >= 15 is 0 Å². The zero-order valence-corrected chi connectivity index (χ0v) is 14.6. The number of halogens is 3. The molecule has 2 aliphatic heterocycles. The molecule has 2 aliphatic rings. The molecule has 0 spiro atoms. The Balaban J connectivity index is 0.000000277. The van der Waals surface area contributed by atoms with Crippen molar-refractivity contribution in [2.24, 2.45) is 0 Å². The van der Waals surface area contributed by atoms with Gasteiger partial charge in [-0.05, 0) is 19.8 Å². The largest absolute Gasteiger partial charge is 0.490 e. The summed E-state index contributed by atoms with van der Waals surface area (Å²) < 4.78 is 43.4. The highest BCUT2D eigenvalue weighted by Crippen LogP contribution is 2.31. The smallest absolute Gasteiger partial charge is 0.475 e. The van der Waals surface area contributed by atoms with Crippen LogP contribution in [0.3, 0.4) is 0 Å². The molecule has 3 rings (SSSR count). The molecular formula is C15H21F3N2O4S. The van der Waals surface area contributed by atoms with Gasteiger partial charge < -0.3 is 14.6 Å². The maximum atomic E-state index is 10.6. The number of piperidine rings is 1. The Morgan fingerprint density at radius 2 is 2.24 bits per heavy atom. The molecule has 2 fully saturated rings. The van der Waals surface area contributed by atoms with Crippen LogP contribution >= 0.6 is 11.3 Å². The number of aromatic nitrogens is 1. The Kier molecular flexibility index (Phi) is 7.17. The minimum Gasteiger partial charge on any atom is -0.475 e. The molecule has 142 valence electrons. The Bertz CT molecular complexity index is 541. The topological polar surface area (TPSA) is 71.9 Å². The van der Waals surface area contributed by atoms with Crippen LogP contribution in [0.2, 0.25) is 0 Å². The van der Waals surface area contributed by atoms with E-state index in [2.05, 4.69) is 16.8 Å². The highest BCUT2D eigenvalue weighted by atomic mass is 32.1. The average Bonchev–Trinajstić information content (AvgIpc) is 3.21. The molecule has 3 heterocycles. The Morgan fingerprint density at radius 1 is 1.52 bits per heavy atom. The normalized spacial score (nSPS) is 26.6. The summed E-state index contributed by atoms with van der Waals surface area (Å²) in [5.41, 5.74) is 0. The molecule has 0 unspecified atom stereocenters. The highest BCUT2D eigenvalue weighted by molar-refractivity contribution is 7.09. The lowest BCUT2D eigenvalue weighted by Crippen LogP contribution is -2.52. The summed E-state index contributed by atoms with van der Waals surface area (Å²) >= 11 is 1.74. The van der Waals surface area contributed by atoms with Gasteiger partial charge in [0.25, 0.3) is 0 Å². The van der Waals surface area contributed by atoms with Gasteiger partial charge in [0, 0.05) is 37.4 Å². The third kappa shape index (κ3) is 5.63. The predicted molar refractivity (Wildman–Crippen MR) is 84.4 cm³/mol. The number of carboxylic acids is 1. The SMILES string of the molecule is CCO[C@@H]1CCN(Cc2nccs2)[C@H]2CCO[C@H]12.O=C(O)C(F)(F)F. The monoisotopic (exact) mass is 382 g/mol. The van der Waals surface area contributed by atoms with Crippen molar-refractivity contribution in [3.63, 3.8) is 0 Å². The van der Waals surface area contributed by atoms with Crippen LogP contribution in [0.1, 0.15) is 24.8 Å². The molecule has 25 heavy (non-hydrogen) atoms. The van der Waals surface area contributed by atoms with Crippen LogP contribution in [-0.2, 0) is 20.8 Å². The fraction of sp³-hybridized carbons (Fsp3) is 0.733. The van der Waals surface area contributed by atoms with Crippen LogP contribution < -0.4 is 0 Å². The first-order valence-electron chi connectivity index (χ1n) is 7.98. The molecule has 0 saturated carbocycles. The summed E-state index contributed by atoms with van der Waals surface area (Å²) in [6, 6.07) is 0.513. The maximum absolute atomic E-state index is 10.6. The molecule has 6 nitrogen and oxygen atoms in total. The number of nitrogens with zero attached hydrogens (tertiary/aromatic N) is 2. The van der Waals surface area contributed by atoms with Crippen LogP contribution in [0.4, 0.5) is 13.2 Å². The van der Waals surface area contributed by atoms with Gasteiger partial charge in [-0.15, -0.1) is 11.3 Å². The van der Waals surface area contributed by atoms with Crippen LogP contribution in [0.25, 0.3) is 0 Å². The van der Waals surface area contributed by atoms with Crippen molar-refractivity contribution in [1.29, 1.82) is 0 Å². The van der Waals surface area contributed by atoms with Gasteiger partial charge in [-0.2, -0.15) is 13.2 Å². The molecule has 0 aromatic carbocycles. The second-order valence-corrected chi connectivity index (χ2v) is 6.65. The van der Waals surface area contributed by atoms with Crippen LogP contribution in [-0.4, -0.2) is 65.1 Å². The standard InChI is InChI=1S/C13H20N2O2S.C2HF3O2/c1-2-16-11-3-6-15(9-12-14-5-8-18-12)10-4-7-17-13(10)11;3-2(4,5)1(6)7/h5,8,10-11,13H,2-4,6-7,9H2,1H3;(H,6,7)/t10-,11+,13-;/m0./s1. The average molecular weight is 382 g/mol. The van der Waals surface area contributed by atoms with Gasteiger partial charge in [0.1, 0.15) is 5.01 Å². The van der Waals surface area contributed by atoms with Crippen LogP contribution in [0.15, 0.2) is 11.6 Å². The molecule has 3 atom stereocenters. The van der Waals surface area contributed by atoms with Gasteiger partial charge >= 0.3 is 12.1 Å². The zero-order valence-electron chi connectivity index (χ0n) is 13.7. The van der Waals surface area contributed by atoms with Crippen LogP contribution in [0.5, 0.6) is 0 Å². The first kappa shape index (κ1) is 20.1. The van der Waals surface area contributed by atoms with E-state index in [0.717, 1.165) is 39.1 Å². The fourth-order valence-electron chi connectivity index (χ4n) is 3.06. The summed E-state index contributed by atoms with van der Waals surface area (Å²) in [6.07, 6.45) is -0.455. The number of rotatable bonds is 4. The molecule has 0 aliphatic carbocycles. The summed E-state index contributed by atoms with van der Waals surface area (Å²) in [5, 5.41) is 10.4. The second-order valence-electron chi connectivity index (χ2n) is 5.67. The number of hydrogen-bond donors (Lipinski definition) is 1. The molecular weight excluding hydrogens is 361 g/mol. The molecule has 2 saturated heterocycles. The quantitative estimate of drug-likeness (QED) is 0.863. The molecule has 1 aromatic rings. The van der Waals surface area contributed by atoms with Crippen molar-refractivity contribution in [1.82, 2.24) is 9.88 Å². The molecule has 10 heteroatoms. The molecule has 0 bridgehead atoms. The molecule has 0 amide bonds. The van der Waals surface area contributed by atoms with E-state index in [4.69, 9.17) is 19.4 Å². The molecule has 0 radical (unpaired) electrons. The van der Waals surface area contributed by atoms with E-state index < -0.39 is 12.1 Å². The zero-order chi connectivity index (χ0) is 18.4. The van der Waals surface area contributed by atoms with Gasteiger partial charge in [0.05, 0.1) is 18.8 Å². The lowest BCUT2D eigenvalue weighted by atomic mass is 9.95. The van der Waals surface area contributed by atoms with Crippen molar-refractivity contribution in [2.75, 3.05) is 19.8 Å². The van der Waals surface area contributed by atoms with E-state index in [1.165, 1.54) is 5.01 Å². The van der Waals surface area contributed by atoms with Gasteiger partial charge in [0.15, 0.2) is 0 Å².